The molecule has 0 fully saturated rings. The van der Waals surface area contributed by atoms with Crippen molar-refractivity contribution in [1.29, 1.82) is 0 Å². The van der Waals surface area contributed by atoms with Gasteiger partial charge in [0.25, 0.3) is 0 Å². The molecule has 3 rings (SSSR count). The first-order chi connectivity index (χ1) is 10.2. The zero-order chi connectivity index (χ0) is 14.7. The number of halogens is 2. The van der Waals surface area contributed by atoms with E-state index in [0.717, 1.165) is 29.7 Å². The number of nitrogens with one attached hydrogen (secondary N) is 1. The van der Waals surface area contributed by atoms with E-state index in [2.05, 4.69) is 31.3 Å². The molecule has 1 N–H and O–H groups in total. The van der Waals surface area contributed by atoms with Gasteiger partial charge in [-0.2, -0.15) is 5.10 Å². The van der Waals surface area contributed by atoms with Gasteiger partial charge in [-0.15, -0.1) is 0 Å². The van der Waals surface area contributed by atoms with Gasteiger partial charge < -0.3 is 5.32 Å². The number of nitrogens with zero attached hydrogens (tertiary/aromatic N) is 3. The van der Waals surface area contributed by atoms with Crippen molar-refractivity contribution < 1.29 is 4.39 Å². The summed E-state index contributed by atoms with van der Waals surface area (Å²) in [4.78, 5) is 4.31. The van der Waals surface area contributed by atoms with Crippen LogP contribution >= 0.6 is 15.9 Å². The second-order valence-electron chi connectivity index (χ2n) is 4.77. The van der Waals surface area contributed by atoms with Crippen LogP contribution in [0.5, 0.6) is 0 Å². The van der Waals surface area contributed by atoms with E-state index in [0.29, 0.717) is 11.0 Å². The molecular weight excluding hydrogens is 335 g/mol. The maximum atomic E-state index is 13.4. The van der Waals surface area contributed by atoms with Crippen molar-refractivity contribution in [3.8, 4) is 0 Å². The van der Waals surface area contributed by atoms with Crippen LogP contribution in [0.25, 0.3) is 5.65 Å². The Morgan fingerprint density at radius 2 is 2.14 bits per heavy atom. The number of fused-ring (bicyclic) bond motifs is 1. The zero-order valence-corrected chi connectivity index (χ0v) is 12.8. The van der Waals surface area contributed by atoms with Crippen LogP contribution in [0.4, 0.5) is 4.39 Å². The van der Waals surface area contributed by atoms with Crippen LogP contribution in [-0.2, 0) is 13.0 Å². The molecule has 3 aromatic rings. The van der Waals surface area contributed by atoms with Gasteiger partial charge in [-0.1, -0.05) is 6.07 Å². The molecule has 2 aromatic heterocycles. The van der Waals surface area contributed by atoms with Gasteiger partial charge in [-0.3, -0.25) is 0 Å². The van der Waals surface area contributed by atoms with Gasteiger partial charge in [0.2, 0.25) is 0 Å². The van der Waals surface area contributed by atoms with Gasteiger partial charge in [0.15, 0.2) is 5.65 Å². The van der Waals surface area contributed by atoms with Crippen LogP contribution in [0, 0.1) is 5.82 Å². The Bertz CT molecular complexity index is 756. The monoisotopic (exact) mass is 348 g/mol. The van der Waals surface area contributed by atoms with Gasteiger partial charge in [0.05, 0.1) is 10.7 Å². The van der Waals surface area contributed by atoms with Gasteiger partial charge >= 0.3 is 0 Å². The summed E-state index contributed by atoms with van der Waals surface area (Å²) in [7, 11) is 0. The standard InChI is InChI=1S/C15H14BrFN4/c16-13-2-1-11(7-14(13)17)3-5-18-8-12-9-19-15-4-6-20-21(15)10-12/h1-2,4,6-7,9-10,18H,3,5,8H2. The first kappa shape index (κ1) is 14.2. The molecule has 0 unspecified atom stereocenters. The van der Waals surface area contributed by atoms with Crippen molar-refractivity contribution >= 4 is 21.6 Å². The number of rotatable bonds is 5. The highest BCUT2D eigenvalue weighted by Crippen LogP contribution is 2.16. The van der Waals surface area contributed by atoms with Crippen LogP contribution in [0.15, 0.2) is 47.3 Å². The molecule has 0 spiro atoms. The van der Waals surface area contributed by atoms with E-state index >= 15 is 0 Å². The fourth-order valence-electron chi connectivity index (χ4n) is 2.10. The highest BCUT2D eigenvalue weighted by atomic mass is 79.9. The van der Waals surface area contributed by atoms with Gasteiger partial charge in [0.1, 0.15) is 5.82 Å². The Morgan fingerprint density at radius 3 is 3.00 bits per heavy atom. The van der Waals surface area contributed by atoms with Crippen molar-refractivity contribution in [2.45, 2.75) is 13.0 Å². The summed E-state index contributed by atoms with van der Waals surface area (Å²) in [6.45, 7) is 1.49. The third kappa shape index (κ3) is 3.46. The fraction of sp³-hybridized carbons (Fsp3) is 0.200. The second-order valence-corrected chi connectivity index (χ2v) is 5.63. The van der Waals surface area contributed by atoms with E-state index in [1.54, 1.807) is 22.8 Å². The van der Waals surface area contributed by atoms with Crippen molar-refractivity contribution in [3.63, 3.8) is 0 Å². The highest BCUT2D eigenvalue weighted by Gasteiger charge is 2.01. The van der Waals surface area contributed by atoms with Crippen LogP contribution in [0.2, 0.25) is 0 Å². The Balaban J connectivity index is 1.52. The number of hydrogen-bond donors (Lipinski definition) is 1. The first-order valence-corrected chi connectivity index (χ1v) is 7.44. The largest absolute Gasteiger partial charge is 0.312 e. The Hall–Kier alpha value is -1.79. The maximum absolute atomic E-state index is 13.4. The lowest BCUT2D eigenvalue weighted by Gasteiger charge is -2.06. The Labute approximate surface area is 130 Å². The SMILES string of the molecule is Fc1cc(CCNCc2cnc3ccnn3c2)ccc1Br. The summed E-state index contributed by atoms with van der Waals surface area (Å²) < 4.78 is 15.6. The fourth-order valence-corrected chi connectivity index (χ4v) is 2.35. The lowest BCUT2D eigenvalue weighted by Crippen LogP contribution is -2.17. The van der Waals surface area contributed by atoms with E-state index in [1.807, 2.05) is 24.5 Å². The predicted octanol–water partition coefficient (Wildman–Crippen LogP) is 2.96. The molecule has 4 nitrogen and oxygen atoms in total. The maximum Gasteiger partial charge on any atom is 0.154 e. The van der Waals surface area contributed by atoms with Crippen molar-refractivity contribution in [2.75, 3.05) is 6.54 Å². The molecule has 1 aromatic carbocycles. The molecule has 6 heteroatoms. The minimum atomic E-state index is -0.221. The lowest BCUT2D eigenvalue weighted by atomic mass is 10.1. The molecule has 0 aliphatic rings. The third-order valence-electron chi connectivity index (χ3n) is 3.20. The minimum Gasteiger partial charge on any atom is -0.312 e. The summed E-state index contributed by atoms with van der Waals surface area (Å²) in [5.41, 5.74) is 2.88. The normalized spacial score (nSPS) is 11.1. The van der Waals surface area contributed by atoms with Crippen LogP contribution in [0.3, 0.4) is 0 Å². The van der Waals surface area contributed by atoms with Crippen molar-refractivity contribution in [1.82, 2.24) is 19.9 Å². The van der Waals surface area contributed by atoms with Gasteiger partial charge in [-0.05, 0) is 46.6 Å². The van der Waals surface area contributed by atoms with Crippen LogP contribution in [-0.4, -0.2) is 21.1 Å². The molecule has 0 aliphatic carbocycles. The molecular formula is C15H14BrFN4. The molecule has 0 bridgehead atoms. The predicted molar refractivity (Wildman–Crippen MR) is 82.5 cm³/mol. The topological polar surface area (TPSA) is 42.2 Å². The molecule has 0 radical (unpaired) electrons. The molecule has 0 saturated carbocycles. The minimum absolute atomic E-state index is 0.221. The number of benzene rings is 1. The summed E-state index contributed by atoms with van der Waals surface area (Å²) in [5.74, 6) is -0.221. The Kier molecular flexibility index (Phi) is 4.26. The lowest BCUT2D eigenvalue weighted by molar-refractivity contribution is 0.616. The summed E-state index contributed by atoms with van der Waals surface area (Å²) in [6.07, 6.45) is 6.29. The van der Waals surface area contributed by atoms with E-state index < -0.39 is 0 Å². The average molecular weight is 349 g/mol. The molecule has 0 atom stereocenters. The number of hydrogen-bond acceptors (Lipinski definition) is 3. The van der Waals surface area contributed by atoms with E-state index in [9.17, 15) is 4.39 Å². The first-order valence-electron chi connectivity index (χ1n) is 6.65. The van der Waals surface area contributed by atoms with E-state index in [4.69, 9.17) is 0 Å². The smallest absolute Gasteiger partial charge is 0.154 e. The summed E-state index contributed by atoms with van der Waals surface area (Å²) in [5, 5.41) is 7.48. The van der Waals surface area contributed by atoms with E-state index in [-0.39, 0.29) is 5.82 Å². The molecule has 21 heavy (non-hydrogen) atoms. The highest BCUT2D eigenvalue weighted by molar-refractivity contribution is 9.10. The summed E-state index contributed by atoms with van der Waals surface area (Å²) in [6, 6.07) is 7.08. The number of aromatic nitrogens is 3. The molecule has 0 amide bonds. The van der Waals surface area contributed by atoms with Crippen molar-refractivity contribution in [3.05, 3.63) is 64.3 Å². The van der Waals surface area contributed by atoms with Gasteiger partial charge in [0, 0.05) is 30.6 Å². The molecule has 0 aliphatic heterocycles. The zero-order valence-electron chi connectivity index (χ0n) is 11.3. The Morgan fingerprint density at radius 1 is 1.24 bits per heavy atom. The summed E-state index contributed by atoms with van der Waals surface area (Å²) >= 11 is 3.15. The molecule has 108 valence electrons. The average Bonchev–Trinajstić information content (AvgIpc) is 2.95. The third-order valence-corrected chi connectivity index (χ3v) is 3.85. The molecule has 0 saturated heterocycles. The quantitative estimate of drug-likeness (QED) is 0.720. The van der Waals surface area contributed by atoms with E-state index in [1.165, 1.54) is 0 Å². The van der Waals surface area contributed by atoms with Crippen LogP contribution < -0.4 is 5.32 Å². The van der Waals surface area contributed by atoms with Crippen LogP contribution in [0.1, 0.15) is 11.1 Å². The van der Waals surface area contributed by atoms with Gasteiger partial charge in [-0.25, -0.2) is 13.9 Å². The van der Waals surface area contributed by atoms with Crippen molar-refractivity contribution in [2.24, 2.45) is 0 Å². The molecule has 2 heterocycles. The second kappa shape index (κ2) is 6.32.